The maximum absolute atomic E-state index is 14.5. The number of anilines is 1. The van der Waals surface area contributed by atoms with E-state index in [-0.39, 0.29) is 11.4 Å². The SMILES string of the molecule is Cc1cccc2cc([C@@H](c3nnnn3CCc3ccccc3)N3CCN(c4ccccc4F)CC3)c(=O)[nH]c12. The van der Waals surface area contributed by atoms with Crippen LogP contribution in [0, 0.1) is 12.7 Å². The van der Waals surface area contributed by atoms with Crippen LogP contribution in [0.25, 0.3) is 10.9 Å². The lowest BCUT2D eigenvalue weighted by atomic mass is 10.0. The maximum atomic E-state index is 14.5. The van der Waals surface area contributed by atoms with Crippen LogP contribution in [0.1, 0.15) is 28.6 Å². The molecule has 1 saturated heterocycles. The number of piperazine rings is 1. The molecule has 8 nitrogen and oxygen atoms in total. The highest BCUT2D eigenvalue weighted by Crippen LogP contribution is 2.30. The van der Waals surface area contributed by atoms with Gasteiger partial charge in [0.1, 0.15) is 11.9 Å². The number of benzene rings is 3. The standard InChI is InChI=1S/C30H30FN7O/c1-21-8-7-11-23-20-24(30(39)32-27(21)23)28(29-33-34-35-38(29)15-14-22-9-3-2-4-10-22)37-18-16-36(17-19-37)26-13-6-5-12-25(26)31/h2-13,20,28H,14-19H2,1H3,(H,32,39)/t28-/m0/s1. The monoisotopic (exact) mass is 523 g/mol. The summed E-state index contributed by atoms with van der Waals surface area (Å²) in [5.74, 6) is 0.400. The normalized spacial score (nSPS) is 15.1. The first-order chi connectivity index (χ1) is 19.1. The van der Waals surface area contributed by atoms with E-state index in [1.165, 1.54) is 11.6 Å². The molecule has 1 aliphatic heterocycles. The fourth-order valence-corrected chi connectivity index (χ4v) is 5.48. The molecule has 9 heteroatoms. The van der Waals surface area contributed by atoms with Gasteiger partial charge in [0.25, 0.3) is 5.56 Å². The minimum absolute atomic E-state index is 0.157. The van der Waals surface area contributed by atoms with Crippen LogP contribution in [0.15, 0.2) is 83.7 Å². The summed E-state index contributed by atoms with van der Waals surface area (Å²) in [4.78, 5) is 21.0. The summed E-state index contributed by atoms with van der Waals surface area (Å²) in [5.41, 5.74) is 4.07. The zero-order valence-electron chi connectivity index (χ0n) is 21.8. The quantitative estimate of drug-likeness (QED) is 0.346. The molecule has 39 heavy (non-hydrogen) atoms. The third-order valence-corrected chi connectivity index (χ3v) is 7.54. The van der Waals surface area contributed by atoms with Gasteiger partial charge in [-0.15, -0.1) is 5.10 Å². The van der Waals surface area contributed by atoms with Crippen LogP contribution in [0.3, 0.4) is 0 Å². The molecule has 1 fully saturated rings. The van der Waals surface area contributed by atoms with Gasteiger partial charge >= 0.3 is 0 Å². The summed E-state index contributed by atoms with van der Waals surface area (Å²) in [5, 5.41) is 13.7. The molecule has 5 aromatic rings. The second-order valence-corrected chi connectivity index (χ2v) is 9.97. The van der Waals surface area contributed by atoms with Gasteiger partial charge in [0, 0.05) is 38.3 Å². The second-order valence-electron chi connectivity index (χ2n) is 9.97. The summed E-state index contributed by atoms with van der Waals surface area (Å²) < 4.78 is 16.3. The second kappa shape index (κ2) is 10.8. The molecule has 0 spiro atoms. The largest absolute Gasteiger partial charge is 0.367 e. The first-order valence-corrected chi connectivity index (χ1v) is 13.2. The van der Waals surface area contributed by atoms with E-state index in [0.29, 0.717) is 49.8 Å². The number of para-hydroxylation sites is 2. The number of fused-ring (bicyclic) bond motifs is 1. The van der Waals surface area contributed by atoms with E-state index in [0.717, 1.165) is 22.9 Å². The van der Waals surface area contributed by atoms with E-state index < -0.39 is 6.04 Å². The van der Waals surface area contributed by atoms with Gasteiger partial charge < -0.3 is 9.88 Å². The van der Waals surface area contributed by atoms with Gasteiger partial charge in [-0.25, -0.2) is 9.07 Å². The van der Waals surface area contributed by atoms with Crippen molar-refractivity contribution in [1.29, 1.82) is 0 Å². The molecule has 1 atom stereocenters. The van der Waals surface area contributed by atoms with Gasteiger partial charge in [-0.1, -0.05) is 60.7 Å². The van der Waals surface area contributed by atoms with Crippen LogP contribution in [0.5, 0.6) is 0 Å². The summed E-state index contributed by atoms with van der Waals surface area (Å²) >= 11 is 0. The molecule has 0 saturated carbocycles. The topological polar surface area (TPSA) is 82.9 Å². The van der Waals surface area contributed by atoms with Gasteiger partial charge in [0.2, 0.25) is 0 Å². The van der Waals surface area contributed by atoms with Crippen LogP contribution in [0.2, 0.25) is 0 Å². The van der Waals surface area contributed by atoms with Gasteiger partial charge in [0.15, 0.2) is 5.82 Å². The molecule has 3 aromatic carbocycles. The number of aryl methyl sites for hydroxylation is 3. The Morgan fingerprint density at radius 2 is 1.72 bits per heavy atom. The Bertz CT molecular complexity index is 1640. The van der Waals surface area contributed by atoms with Gasteiger partial charge in [-0.05, 0) is 58.5 Å². The number of hydrogen-bond donors (Lipinski definition) is 1. The molecule has 198 valence electrons. The van der Waals surface area contributed by atoms with Crippen LogP contribution in [0.4, 0.5) is 10.1 Å². The maximum Gasteiger partial charge on any atom is 0.253 e. The van der Waals surface area contributed by atoms with Crippen molar-refractivity contribution in [2.24, 2.45) is 0 Å². The van der Waals surface area contributed by atoms with Gasteiger partial charge in [-0.2, -0.15) is 0 Å². The smallest absolute Gasteiger partial charge is 0.253 e. The Kier molecular flexibility index (Phi) is 6.89. The highest BCUT2D eigenvalue weighted by Gasteiger charge is 2.33. The Balaban J connectivity index is 1.36. The van der Waals surface area contributed by atoms with E-state index in [1.807, 2.05) is 61.5 Å². The zero-order chi connectivity index (χ0) is 26.8. The molecule has 1 aliphatic rings. The first kappa shape index (κ1) is 24.9. The van der Waals surface area contributed by atoms with E-state index in [9.17, 15) is 9.18 Å². The summed E-state index contributed by atoms with van der Waals surface area (Å²) in [6.45, 7) is 5.05. The molecule has 0 unspecified atom stereocenters. The van der Waals surface area contributed by atoms with E-state index in [2.05, 4.69) is 42.4 Å². The van der Waals surface area contributed by atoms with Crippen molar-refractivity contribution in [1.82, 2.24) is 30.1 Å². The molecule has 0 aliphatic carbocycles. The van der Waals surface area contributed by atoms with Crippen molar-refractivity contribution in [3.05, 3.63) is 118 Å². The van der Waals surface area contributed by atoms with Crippen molar-refractivity contribution in [2.75, 3.05) is 31.1 Å². The minimum Gasteiger partial charge on any atom is -0.367 e. The van der Waals surface area contributed by atoms with Gasteiger partial charge in [-0.3, -0.25) is 9.69 Å². The number of aromatic nitrogens is 5. The fraction of sp³-hybridized carbons (Fsp3) is 0.267. The van der Waals surface area contributed by atoms with Gasteiger partial charge in [0.05, 0.1) is 11.2 Å². The lowest BCUT2D eigenvalue weighted by Crippen LogP contribution is -2.49. The number of aromatic amines is 1. The van der Waals surface area contributed by atoms with E-state index in [1.54, 1.807) is 10.7 Å². The number of H-pyrrole nitrogens is 1. The zero-order valence-corrected chi connectivity index (χ0v) is 21.8. The van der Waals surface area contributed by atoms with Crippen molar-refractivity contribution in [2.45, 2.75) is 25.9 Å². The number of rotatable bonds is 7. The third kappa shape index (κ3) is 5.05. The average molecular weight is 524 g/mol. The molecule has 0 bridgehead atoms. The summed E-state index contributed by atoms with van der Waals surface area (Å²) in [6, 6.07) is 24.5. The highest BCUT2D eigenvalue weighted by atomic mass is 19.1. The van der Waals surface area contributed by atoms with Crippen LogP contribution in [-0.2, 0) is 13.0 Å². The lowest BCUT2D eigenvalue weighted by molar-refractivity contribution is 0.199. The van der Waals surface area contributed by atoms with Crippen LogP contribution in [-0.4, -0.2) is 56.3 Å². The van der Waals surface area contributed by atoms with Crippen molar-refractivity contribution >= 4 is 16.6 Å². The predicted molar refractivity (Wildman–Crippen MR) is 149 cm³/mol. The predicted octanol–water partition coefficient (Wildman–Crippen LogP) is 4.12. The van der Waals surface area contributed by atoms with Crippen molar-refractivity contribution in [3.8, 4) is 0 Å². The number of tetrazole rings is 1. The first-order valence-electron chi connectivity index (χ1n) is 13.2. The number of hydrogen-bond acceptors (Lipinski definition) is 6. The molecular formula is C30H30FN7O. The highest BCUT2D eigenvalue weighted by molar-refractivity contribution is 5.82. The summed E-state index contributed by atoms with van der Waals surface area (Å²) in [6.07, 6.45) is 0.764. The minimum atomic E-state index is -0.452. The number of nitrogens with zero attached hydrogens (tertiary/aromatic N) is 6. The Morgan fingerprint density at radius 3 is 2.51 bits per heavy atom. The molecule has 6 rings (SSSR count). The van der Waals surface area contributed by atoms with Crippen molar-refractivity contribution < 1.29 is 4.39 Å². The van der Waals surface area contributed by atoms with Crippen molar-refractivity contribution in [3.63, 3.8) is 0 Å². The molecule has 0 amide bonds. The van der Waals surface area contributed by atoms with E-state index in [4.69, 9.17) is 0 Å². The van der Waals surface area contributed by atoms with E-state index >= 15 is 0 Å². The molecule has 1 N–H and O–H groups in total. The fourth-order valence-electron chi connectivity index (χ4n) is 5.48. The lowest BCUT2D eigenvalue weighted by Gasteiger charge is -2.39. The third-order valence-electron chi connectivity index (χ3n) is 7.54. The summed E-state index contributed by atoms with van der Waals surface area (Å²) in [7, 11) is 0. The number of nitrogens with one attached hydrogen (secondary N) is 1. The molecule has 0 radical (unpaired) electrons. The molecule has 3 heterocycles. The Morgan fingerprint density at radius 1 is 0.949 bits per heavy atom. The average Bonchev–Trinajstić information content (AvgIpc) is 3.42. The van der Waals surface area contributed by atoms with Crippen LogP contribution >= 0.6 is 0 Å². The van der Waals surface area contributed by atoms with Crippen LogP contribution < -0.4 is 10.5 Å². The Labute approximate surface area is 225 Å². The molecule has 2 aromatic heterocycles. The Hall–Kier alpha value is -4.37. The number of halogens is 1. The molecular weight excluding hydrogens is 493 g/mol. The number of pyridine rings is 1.